The molecule has 1 aromatic carbocycles. The summed E-state index contributed by atoms with van der Waals surface area (Å²) in [4.78, 5) is 16.3. The van der Waals surface area contributed by atoms with Gasteiger partial charge < -0.3 is 19.9 Å². The molecule has 140 valence electrons. The van der Waals surface area contributed by atoms with Crippen LogP contribution in [0.15, 0.2) is 36.0 Å². The summed E-state index contributed by atoms with van der Waals surface area (Å²) < 4.78 is 18.3. The molecule has 2 rings (SSSR count). The van der Waals surface area contributed by atoms with Gasteiger partial charge in [-0.1, -0.05) is 0 Å². The number of nitrogens with zero attached hydrogens (tertiary/aromatic N) is 3. The third-order valence-corrected chi connectivity index (χ3v) is 4.17. The predicted molar refractivity (Wildman–Crippen MR) is 98.0 cm³/mol. The van der Waals surface area contributed by atoms with Gasteiger partial charge in [-0.25, -0.2) is 4.39 Å². The van der Waals surface area contributed by atoms with Crippen LogP contribution in [0.5, 0.6) is 0 Å². The van der Waals surface area contributed by atoms with Crippen molar-refractivity contribution in [3.63, 3.8) is 0 Å². The normalized spacial score (nSPS) is 14.9. The Bertz CT molecular complexity index is 646. The number of ether oxygens (including phenoxy) is 1. The number of benzene rings is 1. The lowest BCUT2D eigenvalue weighted by molar-refractivity contribution is -0.127. The molecule has 0 aromatic heterocycles. The highest BCUT2D eigenvalue weighted by Crippen LogP contribution is 2.17. The number of halogens is 1. The first-order chi connectivity index (χ1) is 12.7. The van der Waals surface area contributed by atoms with Crippen molar-refractivity contribution in [2.75, 3.05) is 50.8 Å². The van der Waals surface area contributed by atoms with Crippen LogP contribution < -0.4 is 10.2 Å². The maximum atomic E-state index is 13.0. The van der Waals surface area contributed by atoms with Gasteiger partial charge in [-0.15, -0.1) is 0 Å². The lowest BCUT2D eigenvalue weighted by Crippen LogP contribution is -2.49. The molecule has 1 aliphatic rings. The molecule has 0 saturated carbocycles. The third kappa shape index (κ3) is 5.74. The second kappa shape index (κ2) is 10.4. The number of carbonyl (C=O) groups excluding carboxylic acids is 1. The summed E-state index contributed by atoms with van der Waals surface area (Å²) in [5.74, 6) is -0.524. The number of nitrogens with one attached hydrogen (secondary N) is 1. The Hall–Kier alpha value is -2.59. The first-order valence-corrected chi connectivity index (χ1v) is 8.87. The lowest BCUT2D eigenvalue weighted by Gasteiger charge is -2.36. The van der Waals surface area contributed by atoms with E-state index in [-0.39, 0.29) is 17.3 Å². The molecular weight excluding hydrogens is 335 g/mol. The standard InChI is InChI=1S/C19H25FN4O2/c1-2-26-13-3-8-22-15-16(14-21)19(25)24-11-9-23(10-12-24)18-6-4-17(20)5-7-18/h4-7,15,22H,2-3,8-13H2,1H3/b16-15-. The van der Waals surface area contributed by atoms with Crippen molar-refractivity contribution >= 4 is 11.6 Å². The largest absolute Gasteiger partial charge is 0.390 e. The molecular formula is C19H25FN4O2. The number of nitriles is 1. The Balaban J connectivity index is 1.82. The summed E-state index contributed by atoms with van der Waals surface area (Å²) in [6.07, 6.45) is 2.30. The van der Waals surface area contributed by atoms with Crippen molar-refractivity contribution in [1.82, 2.24) is 10.2 Å². The zero-order valence-corrected chi connectivity index (χ0v) is 15.1. The van der Waals surface area contributed by atoms with E-state index < -0.39 is 0 Å². The summed E-state index contributed by atoms with van der Waals surface area (Å²) in [5.41, 5.74) is 1.04. The van der Waals surface area contributed by atoms with Crippen LogP contribution >= 0.6 is 0 Å². The second-order valence-corrected chi connectivity index (χ2v) is 5.93. The zero-order valence-electron chi connectivity index (χ0n) is 15.1. The molecule has 0 unspecified atom stereocenters. The molecule has 1 N–H and O–H groups in total. The van der Waals surface area contributed by atoms with E-state index >= 15 is 0 Å². The van der Waals surface area contributed by atoms with Gasteiger partial charge >= 0.3 is 0 Å². The number of piperazine rings is 1. The summed E-state index contributed by atoms with van der Waals surface area (Å²) >= 11 is 0. The summed E-state index contributed by atoms with van der Waals surface area (Å²) in [6.45, 7) is 6.28. The van der Waals surface area contributed by atoms with E-state index in [0.717, 1.165) is 12.1 Å². The second-order valence-electron chi connectivity index (χ2n) is 5.93. The number of carbonyl (C=O) groups is 1. The maximum absolute atomic E-state index is 13.0. The monoisotopic (exact) mass is 360 g/mol. The highest BCUT2D eigenvalue weighted by molar-refractivity contribution is 5.97. The quantitative estimate of drug-likeness (QED) is 0.436. The molecule has 6 nitrogen and oxygen atoms in total. The van der Waals surface area contributed by atoms with Crippen LogP contribution in [0.25, 0.3) is 0 Å². The molecule has 7 heteroatoms. The molecule has 1 heterocycles. The van der Waals surface area contributed by atoms with Gasteiger partial charge in [0.1, 0.15) is 17.5 Å². The van der Waals surface area contributed by atoms with Gasteiger partial charge in [0.15, 0.2) is 0 Å². The first kappa shape index (κ1) is 19.7. The maximum Gasteiger partial charge on any atom is 0.266 e. The average Bonchev–Trinajstić information content (AvgIpc) is 2.68. The Morgan fingerprint density at radius 3 is 2.62 bits per heavy atom. The van der Waals surface area contributed by atoms with Crippen molar-refractivity contribution < 1.29 is 13.9 Å². The molecule has 0 spiro atoms. The average molecular weight is 360 g/mol. The fourth-order valence-electron chi connectivity index (χ4n) is 2.73. The SMILES string of the molecule is CCOCCCN/C=C(/C#N)C(=O)N1CCN(c2ccc(F)cc2)CC1. The fourth-order valence-corrected chi connectivity index (χ4v) is 2.73. The summed E-state index contributed by atoms with van der Waals surface area (Å²) in [6, 6.07) is 8.30. The third-order valence-electron chi connectivity index (χ3n) is 4.17. The van der Waals surface area contributed by atoms with Gasteiger partial charge in [0.2, 0.25) is 0 Å². The zero-order chi connectivity index (χ0) is 18.8. The number of hydrogen-bond acceptors (Lipinski definition) is 5. The van der Waals surface area contributed by atoms with Crippen LogP contribution in [0.3, 0.4) is 0 Å². The van der Waals surface area contributed by atoms with E-state index in [0.29, 0.717) is 45.9 Å². The molecule has 1 aliphatic heterocycles. The van der Waals surface area contributed by atoms with Gasteiger partial charge in [-0.2, -0.15) is 5.26 Å². The van der Waals surface area contributed by atoms with Gasteiger partial charge in [0.05, 0.1) is 0 Å². The number of hydrogen-bond donors (Lipinski definition) is 1. The van der Waals surface area contributed by atoms with Crippen molar-refractivity contribution in [1.29, 1.82) is 5.26 Å². The molecule has 0 bridgehead atoms. The smallest absolute Gasteiger partial charge is 0.266 e. The topological polar surface area (TPSA) is 68.6 Å². The van der Waals surface area contributed by atoms with E-state index in [4.69, 9.17) is 4.74 Å². The molecule has 1 saturated heterocycles. The van der Waals surface area contributed by atoms with E-state index in [2.05, 4.69) is 10.2 Å². The molecule has 0 aliphatic carbocycles. The van der Waals surface area contributed by atoms with Crippen LogP contribution in [0.1, 0.15) is 13.3 Å². The van der Waals surface area contributed by atoms with Gasteiger partial charge in [0.25, 0.3) is 5.91 Å². The molecule has 0 radical (unpaired) electrons. The van der Waals surface area contributed by atoms with Gasteiger partial charge in [0, 0.05) is 57.8 Å². The van der Waals surface area contributed by atoms with E-state index in [1.165, 1.54) is 18.3 Å². The number of rotatable bonds is 8. The minimum absolute atomic E-state index is 0.108. The number of amides is 1. The van der Waals surface area contributed by atoms with Crippen LogP contribution in [0, 0.1) is 17.1 Å². The van der Waals surface area contributed by atoms with Crippen molar-refractivity contribution in [3.05, 3.63) is 41.9 Å². The predicted octanol–water partition coefficient (Wildman–Crippen LogP) is 1.90. The van der Waals surface area contributed by atoms with E-state index in [9.17, 15) is 14.4 Å². The Kier molecular flexibility index (Phi) is 7.90. The Morgan fingerprint density at radius 2 is 2.00 bits per heavy atom. The van der Waals surface area contributed by atoms with Gasteiger partial charge in [-0.3, -0.25) is 4.79 Å². The minimum Gasteiger partial charge on any atom is -0.390 e. The molecule has 1 aromatic rings. The molecule has 1 fully saturated rings. The van der Waals surface area contributed by atoms with Crippen LogP contribution in [0.2, 0.25) is 0 Å². The molecule has 0 atom stereocenters. The summed E-state index contributed by atoms with van der Waals surface area (Å²) in [7, 11) is 0. The first-order valence-electron chi connectivity index (χ1n) is 8.87. The minimum atomic E-state index is -0.264. The van der Waals surface area contributed by atoms with Crippen LogP contribution in [-0.4, -0.2) is 56.7 Å². The highest BCUT2D eigenvalue weighted by atomic mass is 19.1. The van der Waals surface area contributed by atoms with Crippen molar-refractivity contribution in [3.8, 4) is 6.07 Å². The van der Waals surface area contributed by atoms with Gasteiger partial charge in [-0.05, 0) is 37.6 Å². The molecule has 1 amide bonds. The van der Waals surface area contributed by atoms with Crippen molar-refractivity contribution in [2.45, 2.75) is 13.3 Å². The number of anilines is 1. The van der Waals surface area contributed by atoms with Crippen molar-refractivity contribution in [2.24, 2.45) is 0 Å². The Labute approximate surface area is 153 Å². The Morgan fingerprint density at radius 1 is 1.31 bits per heavy atom. The van der Waals surface area contributed by atoms with E-state index in [1.807, 2.05) is 13.0 Å². The van der Waals surface area contributed by atoms with Crippen LogP contribution in [-0.2, 0) is 9.53 Å². The molecule has 26 heavy (non-hydrogen) atoms. The van der Waals surface area contributed by atoms with E-state index in [1.54, 1.807) is 17.0 Å². The summed E-state index contributed by atoms with van der Waals surface area (Å²) in [5, 5.41) is 12.2. The fraction of sp³-hybridized carbons (Fsp3) is 0.474. The lowest BCUT2D eigenvalue weighted by atomic mass is 10.2. The van der Waals surface area contributed by atoms with Crippen LogP contribution in [0.4, 0.5) is 10.1 Å². The highest BCUT2D eigenvalue weighted by Gasteiger charge is 2.23.